The Hall–Kier alpha value is -3.35. The van der Waals surface area contributed by atoms with Crippen molar-refractivity contribution in [1.29, 1.82) is 0 Å². The van der Waals surface area contributed by atoms with Crippen LogP contribution in [0.3, 0.4) is 0 Å². The molecule has 0 unspecified atom stereocenters. The number of aryl methyl sites for hydroxylation is 1. The first kappa shape index (κ1) is 25.9. The molecule has 33 heavy (non-hydrogen) atoms. The minimum atomic E-state index is -0.720. The third-order valence-corrected chi connectivity index (χ3v) is 4.68. The van der Waals surface area contributed by atoms with Crippen LogP contribution in [0.4, 0.5) is 0 Å². The summed E-state index contributed by atoms with van der Waals surface area (Å²) in [5, 5.41) is 6.84. The van der Waals surface area contributed by atoms with Crippen molar-refractivity contribution in [2.45, 2.75) is 47.1 Å². The quantitative estimate of drug-likeness (QED) is 0.374. The van der Waals surface area contributed by atoms with Crippen LogP contribution in [0.1, 0.15) is 45.2 Å². The first-order chi connectivity index (χ1) is 15.8. The molecule has 178 valence electrons. The van der Waals surface area contributed by atoms with Crippen LogP contribution in [0.2, 0.25) is 0 Å². The molecule has 0 bridgehead atoms. The zero-order valence-electron chi connectivity index (χ0n) is 20.1. The number of hydrogen-bond acceptors (Lipinski definition) is 5. The van der Waals surface area contributed by atoms with Crippen molar-refractivity contribution < 1.29 is 19.1 Å². The van der Waals surface area contributed by atoms with Gasteiger partial charge in [0.1, 0.15) is 17.5 Å². The first-order valence-corrected chi connectivity index (χ1v) is 11.3. The molecule has 0 fully saturated rings. The van der Waals surface area contributed by atoms with Gasteiger partial charge in [-0.1, -0.05) is 58.0 Å². The maximum absolute atomic E-state index is 12.7. The Bertz CT molecular complexity index is 941. The number of nitrogens with one attached hydrogen (secondary N) is 2. The smallest absolute Gasteiger partial charge is 0.262 e. The van der Waals surface area contributed by atoms with Crippen LogP contribution < -0.4 is 20.2 Å². The molecule has 2 aromatic rings. The van der Waals surface area contributed by atoms with Crippen LogP contribution in [0, 0.1) is 18.8 Å². The molecule has 0 aromatic heterocycles. The van der Waals surface area contributed by atoms with Gasteiger partial charge in [-0.2, -0.15) is 5.10 Å². The number of amides is 2. The molecule has 2 rings (SSSR count). The van der Waals surface area contributed by atoms with Crippen molar-refractivity contribution >= 4 is 18.0 Å². The molecule has 7 nitrogen and oxygen atoms in total. The zero-order chi connectivity index (χ0) is 24.2. The van der Waals surface area contributed by atoms with Gasteiger partial charge in [0.05, 0.1) is 12.8 Å². The van der Waals surface area contributed by atoms with E-state index in [9.17, 15) is 9.59 Å². The summed E-state index contributed by atoms with van der Waals surface area (Å²) in [5.41, 5.74) is 4.23. The Kier molecular flexibility index (Phi) is 10.4. The number of ether oxygens (including phenoxy) is 2. The lowest BCUT2D eigenvalue weighted by atomic mass is 10.0. The van der Waals surface area contributed by atoms with E-state index in [0.717, 1.165) is 11.1 Å². The van der Waals surface area contributed by atoms with Crippen molar-refractivity contribution in [3.05, 3.63) is 59.7 Å². The first-order valence-electron chi connectivity index (χ1n) is 11.3. The van der Waals surface area contributed by atoms with Gasteiger partial charge < -0.3 is 14.8 Å². The van der Waals surface area contributed by atoms with E-state index in [-0.39, 0.29) is 24.3 Å². The maximum Gasteiger partial charge on any atom is 0.262 e. The highest BCUT2D eigenvalue weighted by Crippen LogP contribution is 2.17. The second-order valence-corrected chi connectivity index (χ2v) is 8.78. The Morgan fingerprint density at radius 1 is 0.939 bits per heavy atom. The SMILES string of the molecule is Cc1ccccc1OCC(=O)N[C@@H](CC(C)C)C(=O)N/N=C\c1ccccc1OCC(C)C. The minimum absolute atomic E-state index is 0.170. The van der Waals surface area contributed by atoms with Crippen LogP contribution in [-0.2, 0) is 9.59 Å². The molecule has 0 aliphatic carbocycles. The van der Waals surface area contributed by atoms with E-state index in [4.69, 9.17) is 9.47 Å². The molecule has 0 radical (unpaired) electrons. The molecular weight excluding hydrogens is 418 g/mol. The van der Waals surface area contributed by atoms with Gasteiger partial charge in [-0.3, -0.25) is 9.59 Å². The van der Waals surface area contributed by atoms with Crippen molar-refractivity contribution in [3.8, 4) is 11.5 Å². The molecule has 0 heterocycles. The van der Waals surface area contributed by atoms with Gasteiger partial charge in [-0.15, -0.1) is 0 Å². The summed E-state index contributed by atoms with van der Waals surface area (Å²) < 4.78 is 11.4. The van der Waals surface area contributed by atoms with E-state index < -0.39 is 6.04 Å². The Morgan fingerprint density at radius 3 is 2.27 bits per heavy atom. The molecule has 0 saturated carbocycles. The summed E-state index contributed by atoms with van der Waals surface area (Å²) in [7, 11) is 0. The summed E-state index contributed by atoms with van der Waals surface area (Å²) in [6.07, 6.45) is 2.02. The third kappa shape index (κ3) is 9.35. The molecule has 0 aliphatic rings. The van der Waals surface area contributed by atoms with E-state index in [1.54, 1.807) is 12.3 Å². The summed E-state index contributed by atoms with van der Waals surface area (Å²) in [6, 6.07) is 14.2. The van der Waals surface area contributed by atoms with Crippen LogP contribution in [0.25, 0.3) is 0 Å². The van der Waals surface area contributed by atoms with Crippen molar-refractivity contribution in [1.82, 2.24) is 10.7 Å². The lowest BCUT2D eigenvalue weighted by Gasteiger charge is -2.19. The average Bonchev–Trinajstić information content (AvgIpc) is 2.77. The highest BCUT2D eigenvalue weighted by molar-refractivity contribution is 5.89. The van der Waals surface area contributed by atoms with E-state index >= 15 is 0 Å². The van der Waals surface area contributed by atoms with E-state index in [1.165, 1.54) is 0 Å². The highest BCUT2D eigenvalue weighted by Gasteiger charge is 2.22. The van der Waals surface area contributed by atoms with Crippen molar-refractivity contribution in [2.75, 3.05) is 13.2 Å². The van der Waals surface area contributed by atoms with Gasteiger partial charge in [0.25, 0.3) is 11.8 Å². The molecule has 1 atom stereocenters. The van der Waals surface area contributed by atoms with E-state index in [1.807, 2.05) is 63.2 Å². The van der Waals surface area contributed by atoms with Gasteiger partial charge in [-0.25, -0.2) is 5.43 Å². The topological polar surface area (TPSA) is 89.0 Å². The van der Waals surface area contributed by atoms with Crippen molar-refractivity contribution in [2.24, 2.45) is 16.9 Å². The fourth-order valence-corrected chi connectivity index (χ4v) is 3.02. The lowest BCUT2D eigenvalue weighted by Crippen LogP contribution is -2.47. The predicted molar refractivity (Wildman–Crippen MR) is 131 cm³/mol. The highest BCUT2D eigenvalue weighted by atomic mass is 16.5. The van der Waals surface area contributed by atoms with E-state index in [2.05, 4.69) is 29.7 Å². The molecular formula is C26H35N3O4. The Balaban J connectivity index is 1.96. The molecule has 0 saturated heterocycles. The molecule has 2 aromatic carbocycles. The maximum atomic E-state index is 12.7. The van der Waals surface area contributed by atoms with Gasteiger partial charge in [0.15, 0.2) is 6.61 Å². The average molecular weight is 454 g/mol. The fraction of sp³-hybridized carbons (Fsp3) is 0.423. The van der Waals surface area contributed by atoms with Crippen molar-refractivity contribution in [3.63, 3.8) is 0 Å². The molecule has 0 spiro atoms. The Morgan fingerprint density at radius 2 is 1.61 bits per heavy atom. The fourth-order valence-electron chi connectivity index (χ4n) is 3.02. The summed E-state index contributed by atoms with van der Waals surface area (Å²) in [4.78, 5) is 25.1. The second-order valence-electron chi connectivity index (χ2n) is 8.78. The minimum Gasteiger partial charge on any atom is -0.493 e. The van der Waals surface area contributed by atoms with E-state index in [0.29, 0.717) is 30.4 Å². The normalized spacial score (nSPS) is 12.1. The summed E-state index contributed by atoms with van der Waals surface area (Å²) >= 11 is 0. The molecule has 2 N–H and O–H groups in total. The third-order valence-electron chi connectivity index (χ3n) is 4.68. The number of hydrogen-bond donors (Lipinski definition) is 2. The van der Waals surface area contributed by atoms with Gasteiger partial charge in [0, 0.05) is 5.56 Å². The van der Waals surface area contributed by atoms with Gasteiger partial charge in [-0.05, 0) is 48.9 Å². The predicted octanol–water partition coefficient (Wildman–Crippen LogP) is 4.09. The number of carbonyl (C=O) groups excluding carboxylic acids is 2. The number of rotatable bonds is 12. The van der Waals surface area contributed by atoms with Crippen LogP contribution in [0.5, 0.6) is 11.5 Å². The van der Waals surface area contributed by atoms with Crippen LogP contribution >= 0.6 is 0 Å². The van der Waals surface area contributed by atoms with Crippen LogP contribution in [-0.4, -0.2) is 37.3 Å². The number of carbonyl (C=O) groups is 2. The van der Waals surface area contributed by atoms with Gasteiger partial charge >= 0.3 is 0 Å². The van der Waals surface area contributed by atoms with Crippen LogP contribution in [0.15, 0.2) is 53.6 Å². The Labute approximate surface area is 196 Å². The largest absolute Gasteiger partial charge is 0.493 e. The number of benzene rings is 2. The standard InChI is InChI=1S/C26H35N3O4/c1-18(2)14-22(28-25(30)17-33-23-12-8-6-10-20(23)5)26(31)29-27-15-21-11-7-9-13-24(21)32-16-19(3)4/h6-13,15,18-19,22H,14,16-17H2,1-5H3,(H,28,30)(H,29,31)/b27-15-/t22-/m0/s1. The molecule has 2 amide bonds. The lowest BCUT2D eigenvalue weighted by molar-refractivity contribution is -0.130. The monoisotopic (exact) mass is 453 g/mol. The number of para-hydroxylation sites is 2. The number of hydrazone groups is 1. The number of nitrogens with zero attached hydrogens (tertiary/aromatic N) is 1. The second kappa shape index (κ2) is 13.3. The zero-order valence-corrected chi connectivity index (χ0v) is 20.1. The van der Waals surface area contributed by atoms with Gasteiger partial charge in [0.2, 0.25) is 0 Å². The summed E-state index contributed by atoms with van der Waals surface area (Å²) in [6.45, 7) is 10.5. The summed E-state index contributed by atoms with van der Waals surface area (Å²) in [5.74, 6) is 1.18. The molecule has 0 aliphatic heterocycles. The molecule has 7 heteroatoms.